The Bertz CT molecular complexity index is 374. The number of esters is 1. The van der Waals surface area contributed by atoms with Crippen molar-refractivity contribution in [1.29, 1.82) is 0 Å². The Morgan fingerprint density at radius 2 is 2.50 bits per heavy atom. The second-order valence-corrected chi connectivity index (χ2v) is 3.94. The first-order chi connectivity index (χ1) is 7.69. The molecule has 0 saturated carbocycles. The van der Waals surface area contributed by atoms with Crippen molar-refractivity contribution in [3.63, 3.8) is 0 Å². The number of methoxy groups -OCH3 is 1. The third-order valence-electron chi connectivity index (χ3n) is 2.68. The topological polar surface area (TPSA) is 62.9 Å². The summed E-state index contributed by atoms with van der Waals surface area (Å²) in [4.78, 5) is 13.2. The molecule has 0 unspecified atom stereocenters. The van der Waals surface area contributed by atoms with Crippen molar-refractivity contribution >= 4 is 5.97 Å². The second kappa shape index (κ2) is 4.67. The maximum Gasteiger partial charge on any atom is 0.373 e. The van der Waals surface area contributed by atoms with Gasteiger partial charge < -0.3 is 14.3 Å². The van der Waals surface area contributed by atoms with Gasteiger partial charge in [0.05, 0.1) is 19.8 Å². The molecule has 5 nitrogen and oxygen atoms in total. The van der Waals surface area contributed by atoms with Gasteiger partial charge in [-0.05, 0) is 18.6 Å². The first kappa shape index (κ1) is 11.2. The van der Waals surface area contributed by atoms with E-state index in [9.17, 15) is 9.90 Å². The molecule has 1 saturated heterocycles. The van der Waals surface area contributed by atoms with Crippen LogP contribution in [0.5, 0.6) is 0 Å². The molecule has 0 spiro atoms. The average molecular weight is 225 g/mol. The van der Waals surface area contributed by atoms with Gasteiger partial charge in [0.2, 0.25) is 5.76 Å². The average Bonchev–Trinajstić information content (AvgIpc) is 2.87. The molecule has 1 aliphatic heterocycles. The third-order valence-corrected chi connectivity index (χ3v) is 2.68. The lowest BCUT2D eigenvalue weighted by Gasteiger charge is -2.12. The number of nitrogens with zero attached hydrogens (tertiary/aromatic N) is 1. The molecule has 5 heteroatoms. The number of ether oxygens (including phenoxy) is 1. The van der Waals surface area contributed by atoms with E-state index in [-0.39, 0.29) is 11.9 Å². The highest BCUT2D eigenvalue weighted by molar-refractivity contribution is 5.86. The van der Waals surface area contributed by atoms with Crippen LogP contribution in [0.1, 0.15) is 22.7 Å². The van der Waals surface area contributed by atoms with Gasteiger partial charge in [0.1, 0.15) is 5.76 Å². The molecule has 2 rings (SSSR count). The highest BCUT2D eigenvalue weighted by Gasteiger charge is 2.21. The maximum atomic E-state index is 11.1. The highest BCUT2D eigenvalue weighted by atomic mass is 16.5. The van der Waals surface area contributed by atoms with Gasteiger partial charge in [0, 0.05) is 13.1 Å². The number of furan rings is 1. The molecule has 0 aromatic carbocycles. The van der Waals surface area contributed by atoms with Crippen LogP contribution < -0.4 is 0 Å². The van der Waals surface area contributed by atoms with Gasteiger partial charge in [-0.1, -0.05) is 0 Å². The number of carbonyl (C=O) groups excluding carboxylic acids is 1. The van der Waals surface area contributed by atoms with Crippen molar-refractivity contribution in [1.82, 2.24) is 4.90 Å². The summed E-state index contributed by atoms with van der Waals surface area (Å²) >= 11 is 0. The van der Waals surface area contributed by atoms with E-state index in [0.717, 1.165) is 18.7 Å². The number of hydrogen-bond donors (Lipinski definition) is 1. The number of hydrogen-bond acceptors (Lipinski definition) is 5. The predicted molar refractivity (Wildman–Crippen MR) is 55.9 cm³/mol. The minimum absolute atomic E-state index is 0.220. The molecule has 1 N–H and O–H groups in total. The van der Waals surface area contributed by atoms with E-state index in [2.05, 4.69) is 9.64 Å². The summed E-state index contributed by atoms with van der Waals surface area (Å²) in [6.07, 6.45) is 0.555. The van der Waals surface area contributed by atoms with Crippen LogP contribution in [0.3, 0.4) is 0 Å². The van der Waals surface area contributed by atoms with Crippen LogP contribution in [-0.4, -0.2) is 42.3 Å². The molecule has 88 valence electrons. The van der Waals surface area contributed by atoms with Crippen molar-refractivity contribution in [2.24, 2.45) is 0 Å². The van der Waals surface area contributed by atoms with Gasteiger partial charge in [-0.15, -0.1) is 0 Å². The normalized spacial score (nSPS) is 21.2. The number of rotatable bonds is 3. The molecule has 1 aliphatic rings. The number of aliphatic hydroxyl groups is 1. The van der Waals surface area contributed by atoms with Crippen LogP contribution in [-0.2, 0) is 11.3 Å². The zero-order valence-electron chi connectivity index (χ0n) is 9.18. The first-order valence-corrected chi connectivity index (χ1v) is 5.26. The molecule has 0 amide bonds. The van der Waals surface area contributed by atoms with Gasteiger partial charge in [0.15, 0.2) is 0 Å². The summed E-state index contributed by atoms with van der Waals surface area (Å²) in [5, 5.41) is 9.36. The number of β-amino-alcohol motifs (C(OH)–C–C–N with tert-alkyl or cyclic N) is 1. The first-order valence-electron chi connectivity index (χ1n) is 5.26. The fraction of sp³-hybridized carbons (Fsp3) is 0.545. The summed E-state index contributed by atoms with van der Waals surface area (Å²) in [5.41, 5.74) is 0. The Balaban J connectivity index is 1.95. The van der Waals surface area contributed by atoms with Gasteiger partial charge >= 0.3 is 5.97 Å². The molecule has 16 heavy (non-hydrogen) atoms. The molecule has 0 aliphatic carbocycles. The molecule has 0 radical (unpaired) electrons. The Morgan fingerprint density at radius 1 is 1.69 bits per heavy atom. The summed E-state index contributed by atoms with van der Waals surface area (Å²) in [5.74, 6) is 0.472. The minimum atomic E-state index is -0.465. The summed E-state index contributed by atoms with van der Waals surface area (Å²) in [6, 6.07) is 3.37. The van der Waals surface area contributed by atoms with Crippen LogP contribution in [0.2, 0.25) is 0 Å². The summed E-state index contributed by atoms with van der Waals surface area (Å²) < 4.78 is 9.89. The molecular formula is C11H15NO4. The Hall–Kier alpha value is -1.33. The smallest absolute Gasteiger partial charge is 0.373 e. The molecule has 1 fully saturated rings. The lowest BCUT2D eigenvalue weighted by molar-refractivity contribution is 0.0561. The quantitative estimate of drug-likeness (QED) is 0.764. The monoisotopic (exact) mass is 225 g/mol. The Kier molecular flexibility index (Phi) is 3.26. The largest absolute Gasteiger partial charge is 0.463 e. The van der Waals surface area contributed by atoms with Crippen molar-refractivity contribution in [2.45, 2.75) is 19.1 Å². The second-order valence-electron chi connectivity index (χ2n) is 3.94. The Morgan fingerprint density at radius 3 is 3.12 bits per heavy atom. The summed E-state index contributed by atoms with van der Waals surface area (Å²) in [6.45, 7) is 2.14. The van der Waals surface area contributed by atoms with Crippen LogP contribution in [0.4, 0.5) is 0 Å². The van der Waals surface area contributed by atoms with Crippen molar-refractivity contribution in [2.75, 3.05) is 20.2 Å². The van der Waals surface area contributed by atoms with Crippen molar-refractivity contribution < 1.29 is 19.1 Å². The van der Waals surface area contributed by atoms with Gasteiger partial charge in [-0.2, -0.15) is 0 Å². The molecular weight excluding hydrogens is 210 g/mol. The van der Waals surface area contributed by atoms with E-state index in [1.807, 2.05) is 0 Å². The van der Waals surface area contributed by atoms with Crippen molar-refractivity contribution in [3.05, 3.63) is 23.7 Å². The highest BCUT2D eigenvalue weighted by Crippen LogP contribution is 2.15. The van der Waals surface area contributed by atoms with Crippen LogP contribution in [0.25, 0.3) is 0 Å². The Labute approximate surface area is 93.6 Å². The van der Waals surface area contributed by atoms with E-state index in [0.29, 0.717) is 13.1 Å². The van der Waals surface area contributed by atoms with E-state index in [1.54, 1.807) is 12.1 Å². The molecule has 1 aromatic rings. The van der Waals surface area contributed by atoms with E-state index >= 15 is 0 Å². The molecule has 2 heterocycles. The lowest BCUT2D eigenvalue weighted by Crippen LogP contribution is -2.21. The number of likely N-dealkylation sites (tertiary alicyclic amines) is 1. The van der Waals surface area contributed by atoms with E-state index < -0.39 is 5.97 Å². The third kappa shape index (κ3) is 2.43. The fourth-order valence-corrected chi connectivity index (χ4v) is 1.85. The van der Waals surface area contributed by atoms with Gasteiger partial charge in [-0.25, -0.2) is 4.79 Å². The van der Waals surface area contributed by atoms with Crippen LogP contribution in [0.15, 0.2) is 16.5 Å². The van der Waals surface area contributed by atoms with Crippen LogP contribution in [0, 0.1) is 0 Å². The van der Waals surface area contributed by atoms with Crippen LogP contribution >= 0.6 is 0 Å². The molecule has 0 bridgehead atoms. The molecule has 1 atom stereocenters. The van der Waals surface area contributed by atoms with Gasteiger partial charge in [-0.3, -0.25) is 4.90 Å². The maximum absolute atomic E-state index is 11.1. The van der Waals surface area contributed by atoms with E-state index in [4.69, 9.17) is 4.42 Å². The molecule has 1 aromatic heterocycles. The fourth-order valence-electron chi connectivity index (χ4n) is 1.85. The van der Waals surface area contributed by atoms with Gasteiger partial charge in [0.25, 0.3) is 0 Å². The summed E-state index contributed by atoms with van der Waals surface area (Å²) in [7, 11) is 1.32. The number of carbonyl (C=O) groups is 1. The zero-order chi connectivity index (χ0) is 11.5. The van der Waals surface area contributed by atoms with E-state index in [1.165, 1.54) is 7.11 Å². The predicted octanol–water partition coefficient (Wildman–Crippen LogP) is 0.633. The zero-order valence-corrected chi connectivity index (χ0v) is 9.18. The number of aliphatic hydroxyl groups excluding tert-OH is 1. The SMILES string of the molecule is COC(=O)c1ccc(CN2CC[C@@H](O)C2)o1. The minimum Gasteiger partial charge on any atom is -0.463 e. The lowest BCUT2D eigenvalue weighted by atomic mass is 10.3. The standard InChI is InChI=1S/C11H15NO4/c1-15-11(14)10-3-2-9(16-10)7-12-5-4-8(13)6-12/h2-3,8,13H,4-7H2,1H3/t8-/m1/s1. The van der Waals surface area contributed by atoms with Crippen molar-refractivity contribution in [3.8, 4) is 0 Å².